The predicted molar refractivity (Wildman–Crippen MR) is 101 cm³/mol. The van der Waals surface area contributed by atoms with Crippen molar-refractivity contribution in [3.05, 3.63) is 51.7 Å². The van der Waals surface area contributed by atoms with E-state index in [1.54, 1.807) is 0 Å². The van der Waals surface area contributed by atoms with Crippen molar-refractivity contribution in [2.45, 2.75) is 31.7 Å². The van der Waals surface area contributed by atoms with E-state index in [-0.39, 0.29) is 11.7 Å². The minimum atomic E-state index is 0.0353. The van der Waals surface area contributed by atoms with Crippen molar-refractivity contribution < 1.29 is 4.79 Å². The van der Waals surface area contributed by atoms with Crippen LogP contribution in [0, 0.1) is 25.2 Å². The molecule has 0 atom stereocenters. The number of carbonyl (C=O) groups is 1. The molecule has 1 amide bonds. The summed E-state index contributed by atoms with van der Waals surface area (Å²) in [6.45, 7) is 4.35. The zero-order valence-electron chi connectivity index (χ0n) is 14.2. The number of para-hydroxylation sites is 1. The molecule has 0 spiro atoms. The Labute approximate surface area is 156 Å². The molecule has 0 radical (unpaired) electrons. The van der Waals surface area contributed by atoms with Crippen LogP contribution >= 0.6 is 23.4 Å². The maximum Gasteiger partial charge on any atom is 0.237 e. The van der Waals surface area contributed by atoms with Gasteiger partial charge in [-0.3, -0.25) is 4.79 Å². The number of nitrogens with zero attached hydrogens (tertiary/aromatic N) is 3. The van der Waals surface area contributed by atoms with Crippen molar-refractivity contribution in [3.8, 4) is 6.07 Å². The van der Waals surface area contributed by atoms with E-state index >= 15 is 0 Å². The Kier molecular flexibility index (Phi) is 5.31. The number of hydrogen-bond donors (Lipinski definition) is 0. The number of nitriles is 1. The number of aryl methyl sites for hydroxylation is 2. The summed E-state index contributed by atoms with van der Waals surface area (Å²) in [5, 5.41) is 10.5. The van der Waals surface area contributed by atoms with E-state index in [2.05, 4.69) is 17.1 Å². The molecule has 1 aliphatic heterocycles. The Morgan fingerprint density at radius 3 is 2.92 bits per heavy atom. The number of aromatic nitrogens is 1. The van der Waals surface area contributed by atoms with Crippen LogP contribution in [0.5, 0.6) is 0 Å². The van der Waals surface area contributed by atoms with Gasteiger partial charge in [-0.1, -0.05) is 41.6 Å². The van der Waals surface area contributed by atoms with Crippen molar-refractivity contribution in [2.75, 3.05) is 17.2 Å². The quantitative estimate of drug-likeness (QED) is 0.755. The molecule has 25 heavy (non-hydrogen) atoms. The fourth-order valence-electron chi connectivity index (χ4n) is 3.04. The summed E-state index contributed by atoms with van der Waals surface area (Å²) in [7, 11) is 0. The summed E-state index contributed by atoms with van der Waals surface area (Å²) in [6, 6.07) is 10.2. The highest BCUT2D eigenvalue weighted by Gasteiger charge is 2.23. The van der Waals surface area contributed by atoms with Crippen molar-refractivity contribution in [3.63, 3.8) is 0 Å². The Bertz CT molecular complexity index is 876. The van der Waals surface area contributed by atoms with Crippen LogP contribution < -0.4 is 4.90 Å². The fourth-order valence-corrected chi connectivity index (χ4v) is 4.13. The number of halogens is 1. The van der Waals surface area contributed by atoms with Crippen LogP contribution in [0.2, 0.25) is 5.02 Å². The predicted octanol–water partition coefficient (Wildman–Crippen LogP) is 4.30. The van der Waals surface area contributed by atoms with Crippen LogP contribution in [0.15, 0.2) is 29.3 Å². The molecule has 1 aromatic carbocycles. The number of rotatable bonds is 3. The zero-order chi connectivity index (χ0) is 18.0. The molecular formula is C19H18ClN3OS. The molecule has 0 saturated heterocycles. The van der Waals surface area contributed by atoms with E-state index in [9.17, 15) is 10.1 Å². The van der Waals surface area contributed by atoms with Crippen LogP contribution in [0.3, 0.4) is 0 Å². The number of hydrogen-bond acceptors (Lipinski definition) is 4. The summed E-state index contributed by atoms with van der Waals surface area (Å²) in [4.78, 5) is 19.0. The van der Waals surface area contributed by atoms with Crippen molar-refractivity contribution in [2.24, 2.45) is 0 Å². The van der Waals surface area contributed by atoms with Gasteiger partial charge in [0.2, 0.25) is 5.91 Å². The lowest BCUT2D eigenvalue weighted by atomic mass is 10.0. The van der Waals surface area contributed by atoms with Gasteiger partial charge in [-0.25, -0.2) is 4.98 Å². The topological polar surface area (TPSA) is 57.0 Å². The molecule has 6 heteroatoms. The van der Waals surface area contributed by atoms with E-state index in [0.717, 1.165) is 30.6 Å². The SMILES string of the molecule is Cc1nc(SCC(=O)N2CCCc3ccccc32)c(C#N)c(C)c1Cl. The van der Waals surface area contributed by atoms with E-state index in [1.165, 1.54) is 17.3 Å². The maximum atomic E-state index is 12.7. The Morgan fingerprint density at radius 1 is 1.40 bits per heavy atom. The lowest BCUT2D eigenvalue weighted by molar-refractivity contribution is -0.116. The first kappa shape index (κ1) is 17.8. The van der Waals surface area contributed by atoms with Gasteiger partial charge in [-0.2, -0.15) is 5.26 Å². The van der Waals surface area contributed by atoms with E-state index < -0.39 is 0 Å². The van der Waals surface area contributed by atoms with E-state index in [4.69, 9.17) is 11.6 Å². The van der Waals surface area contributed by atoms with Gasteiger partial charge in [0.05, 0.1) is 22.0 Å². The fraction of sp³-hybridized carbons (Fsp3) is 0.316. The molecule has 4 nitrogen and oxygen atoms in total. The highest BCUT2D eigenvalue weighted by molar-refractivity contribution is 8.00. The molecular weight excluding hydrogens is 354 g/mol. The van der Waals surface area contributed by atoms with E-state index in [1.807, 2.05) is 36.9 Å². The highest BCUT2D eigenvalue weighted by Crippen LogP contribution is 2.31. The Balaban J connectivity index is 1.80. The summed E-state index contributed by atoms with van der Waals surface area (Å²) >= 11 is 7.48. The van der Waals surface area contributed by atoms with Gasteiger partial charge in [0.25, 0.3) is 0 Å². The van der Waals surface area contributed by atoms with Gasteiger partial charge in [-0.05, 0) is 43.9 Å². The van der Waals surface area contributed by atoms with E-state index in [0.29, 0.717) is 21.3 Å². The Morgan fingerprint density at radius 2 is 2.16 bits per heavy atom. The van der Waals surface area contributed by atoms with Gasteiger partial charge < -0.3 is 4.90 Å². The number of benzene rings is 1. The molecule has 0 N–H and O–H groups in total. The zero-order valence-corrected chi connectivity index (χ0v) is 15.7. The summed E-state index contributed by atoms with van der Waals surface area (Å²) in [6.07, 6.45) is 1.97. The van der Waals surface area contributed by atoms with Crippen molar-refractivity contribution in [1.29, 1.82) is 5.26 Å². The second kappa shape index (κ2) is 7.47. The second-order valence-electron chi connectivity index (χ2n) is 5.99. The summed E-state index contributed by atoms with van der Waals surface area (Å²) < 4.78 is 0. The lowest BCUT2D eigenvalue weighted by Gasteiger charge is -2.29. The van der Waals surface area contributed by atoms with Crippen molar-refractivity contribution in [1.82, 2.24) is 4.98 Å². The molecule has 0 fully saturated rings. The lowest BCUT2D eigenvalue weighted by Crippen LogP contribution is -2.36. The van der Waals surface area contributed by atoms with Crippen LogP contribution in [0.4, 0.5) is 5.69 Å². The molecule has 3 rings (SSSR count). The largest absolute Gasteiger partial charge is 0.311 e. The minimum Gasteiger partial charge on any atom is -0.311 e. The highest BCUT2D eigenvalue weighted by atomic mass is 35.5. The van der Waals surface area contributed by atoms with Gasteiger partial charge in [0, 0.05) is 12.2 Å². The first-order valence-corrected chi connectivity index (χ1v) is 9.47. The van der Waals surface area contributed by atoms with Crippen LogP contribution in [-0.4, -0.2) is 23.2 Å². The third kappa shape index (κ3) is 3.51. The number of amides is 1. The molecule has 2 aromatic rings. The standard InChI is InChI=1S/C19H18ClN3OS/c1-12-15(10-21)19(22-13(2)18(12)20)25-11-17(24)23-9-5-7-14-6-3-4-8-16(14)23/h3-4,6,8H,5,7,9,11H2,1-2H3. The first-order valence-electron chi connectivity index (χ1n) is 8.10. The molecule has 0 aliphatic carbocycles. The first-order chi connectivity index (χ1) is 12.0. The molecule has 0 unspecified atom stereocenters. The monoisotopic (exact) mass is 371 g/mol. The van der Waals surface area contributed by atoms with Gasteiger partial charge in [-0.15, -0.1) is 0 Å². The molecule has 0 saturated carbocycles. The molecule has 128 valence electrons. The van der Waals surface area contributed by atoms with Gasteiger partial charge in [0.15, 0.2) is 0 Å². The van der Waals surface area contributed by atoms with Crippen LogP contribution in [0.1, 0.15) is 28.8 Å². The third-order valence-corrected chi connectivity index (χ3v) is 5.88. The second-order valence-corrected chi connectivity index (χ2v) is 7.34. The number of pyridine rings is 1. The summed E-state index contributed by atoms with van der Waals surface area (Å²) in [5.41, 5.74) is 4.05. The molecule has 0 bridgehead atoms. The average molecular weight is 372 g/mol. The number of thioether (sulfide) groups is 1. The smallest absolute Gasteiger partial charge is 0.237 e. The number of anilines is 1. The van der Waals surface area contributed by atoms with Crippen LogP contribution in [-0.2, 0) is 11.2 Å². The summed E-state index contributed by atoms with van der Waals surface area (Å²) in [5.74, 6) is 0.282. The third-order valence-electron chi connectivity index (χ3n) is 4.36. The van der Waals surface area contributed by atoms with Crippen molar-refractivity contribution >= 4 is 35.0 Å². The molecule has 2 heterocycles. The Hall–Kier alpha value is -2.03. The average Bonchev–Trinajstić information content (AvgIpc) is 2.63. The normalized spacial score (nSPS) is 13.3. The van der Waals surface area contributed by atoms with Gasteiger partial charge in [0.1, 0.15) is 11.1 Å². The number of fused-ring (bicyclic) bond motifs is 1. The van der Waals surface area contributed by atoms with Crippen LogP contribution in [0.25, 0.3) is 0 Å². The van der Waals surface area contributed by atoms with Gasteiger partial charge >= 0.3 is 0 Å². The minimum absolute atomic E-state index is 0.0353. The molecule has 1 aliphatic rings. The molecule has 1 aromatic heterocycles. The maximum absolute atomic E-state index is 12.7. The number of carbonyl (C=O) groups excluding carboxylic acids is 1.